The van der Waals surface area contributed by atoms with Crippen molar-refractivity contribution in [2.45, 2.75) is 19.9 Å². The van der Waals surface area contributed by atoms with Gasteiger partial charge in [0.2, 0.25) is 0 Å². The van der Waals surface area contributed by atoms with Crippen LogP contribution in [-0.2, 0) is 6.54 Å². The highest BCUT2D eigenvalue weighted by molar-refractivity contribution is 6.39. The van der Waals surface area contributed by atoms with Crippen LogP contribution in [0.4, 0.5) is 0 Å². The molecule has 108 valence electrons. The third-order valence-electron chi connectivity index (χ3n) is 2.82. The summed E-state index contributed by atoms with van der Waals surface area (Å²) >= 11 is 12.1. The van der Waals surface area contributed by atoms with E-state index in [0.29, 0.717) is 28.7 Å². The van der Waals surface area contributed by atoms with Crippen molar-refractivity contribution in [1.82, 2.24) is 15.3 Å². The number of benzene rings is 1. The lowest BCUT2D eigenvalue weighted by Crippen LogP contribution is -2.20. The molecule has 2 N–H and O–H groups in total. The van der Waals surface area contributed by atoms with Gasteiger partial charge in [-0.25, -0.2) is 4.98 Å². The third-order valence-corrected chi connectivity index (χ3v) is 3.39. The van der Waals surface area contributed by atoms with Crippen molar-refractivity contribution in [3.63, 3.8) is 0 Å². The van der Waals surface area contributed by atoms with E-state index in [1.807, 2.05) is 0 Å². The fraction of sp³-hybridized carbons (Fsp3) is 0.385. The molecule has 0 aliphatic heterocycles. The molecule has 1 aromatic carbocycles. The van der Waals surface area contributed by atoms with Crippen LogP contribution in [0.5, 0.6) is 5.75 Å². The number of aromatic amines is 1. The van der Waals surface area contributed by atoms with Gasteiger partial charge in [0.15, 0.2) is 5.75 Å². The average Bonchev–Trinajstić information content (AvgIpc) is 2.38. The molecule has 1 aromatic heterocycles. The number of ether oxygens (including phenoxy) is 1. The number of nitrogens with one attached hydrogen (secondary N) is 2. The van der Waals surface area contributed by atoms with Crippen molar-refractivity contribution < 1.29 is 4.74 Å². The second-order valence-electron chi connectivity index (χ2n) is 4.29. The van der Waals surface area contributed by atoms with Crippen LogP contribution in [0.15, 0.2) is 10.9 Å². The molecule has 2 rings (SSSR count). The first-order valence-electron chi connectivity index (χ1n) is 6.24. The molecule has 1 heterocycles. The molecule has 0 fully saturated rings. The number of H-pyrrole nitrogens is 1. The van der Waals surface area contributed by atoms with Gasteiger partial charge in [-0.3, -0.25) is 4.79 Å². The number of methoxy groups -OCH3 is 1. The smallest absolute Gasteiger partial charge is 0.260 e. The molecule has 5 nitrogen and oxygen atoms in total. The van der Waals surface area contributed by atoms with Gasteiger partial charge < -0.3 is 15.0 Å². The minimum atomic E-state index is -0.303. The van der Waals surface area contributed by atoms with Crippen LogP contribution in [0.2, 0.25) is 10.0 Å². The van der Waals surface area contributed by atoms with Gasteiger partial charge in [-0.05, 0) is 19.0 Å². The number of halogens is 2. The SMILES string of the molecule is CCCNCc1nc2c(OC)c(Cl)cc(Cl)c2c(=O)[nH]1. The van der Waals surface area contributed by atoms with Crippen molar-refractivity contribution in [3.8, 4) is 5.75 Å². The second kappa shape index (κ2) is 6.43. The standard InChI is InChI=1S/C13H15Cl2N3O2/c1-3-4-16-6-9-17-11-10(13(19)18-9)7(14)5-8(15)12(11)20-2/h5,16H,3-4,6H2,1-2H3,(H,17,18,19). The number of fused-ring (bicyclic) bond motifs is 1. The molecule has 0 atom stereocenters. The van der Waals surface area contributed by atoms with Gasteiger partial charge in [0.05, 0.1) is 29.1 Å². The number of hydrogen-bond donors (Lipinski definition) is 2. The van der Waals surface area contributed by atoms with Crippen LogP contribution < -0.4 is 15.6 Å². The molecule has 20 heavy (non-hydrogen) atoms. The van der Waals surface area contributed by atoms with Crippen LogP contribution >= 0.6 is 23.2 Å². The van der Waals surface area contributed by atoms with Crippen molar-refractivity contribution in [1.29, 1.82) is 0 Å². The van der Waals surface area contributed by atoms with E-state index in [2.05, 4.69) is 22.2 Å². The van der Waals surface area contributed by atoms with Crippen LogP contribution in [0.3, 0.4) is 0 Å². The van der Waals surface area contributed by atoms with E-state index in [4.69, 9.17) is 27.9 Å². The molecule has 0 spiro atoms. The maximum atomic E-state index is 12.1. The lowest BCUT2D eigenvalue weighted by atomic mass is 10.2. The summed E-state index contributed by atoms with van der Waals surface area (Å²) in [6.45, 7) is 3.37. The fourth-order valence-electron chi connectivity index (χ4n) is 1.93. The topological polar surface area (TPSA) is 67.0 Å². The summed E-state index contributed by atoms with van der Waals surface area (Å²) in [6.07, 6.45) is 0.999. The van der Waals surface area contributed by atoms with E-state index >= 15 is 0 Å². The quantitative estimate of drug-likeness (QED) is 0.833. The molecule has 0 amide bonds. The largest absolute Gasteiger partial charge is 0.493 e. The molecular weight excluding hydrogens is 301 g/mol. The van der Waals surface area contributed by atoms with E-state index in [9.17, 15) is 4.79 Å². The lowest BCUT2D eigenvalue weighted by Gasteiger charge is -2.10. The molecule has 0 aliphatic carbocycles. The Morgan fingerprint density at radius 3 is 2.80 bits per heavy atom. The minimum Gasteiger partial charge on any atom is -0.493 e. The van der Waals surface area contributed by atoms with E-state index in [1.54, 1.807) is 0 Å². The highest BCUT2D eigenvalue weighted by atomic mass is 35.5. The van der Waals surface area contributed by atoms with E-state index in [0.717, 1.165) is 13.0 Å². The van der Waals surface area contributed by atoms with Gasteiger partial charge in [0.1, 0.15) is 11.3 Å². The molecule has 0 saturated carbocycles. The molecule has 0 radical (unpaired) electrons. The zero-order chi connectivity index (χ0) is 14.7. The monoisotopic (exact) mass is 315 g/mol. The summed E-state index contributed by atoms with van der Waals surface area (Å²) in [5.41, 5.74) is 0.0744. The highest BCUT2D eigenvalue weighted by Crippen LogP contribution is 2.35. The number of rotatable bonds is 5. The summed E-state index contributed by atoms with van der Waals surface area (Å²) in [5, 5.41) is 4.04. The Kier molecular flexibility index (Phi) is 4.86. The third kappa shape index (κ3) is 2.90. The predicted molar refractivity (Wildman–Crippen MR) is 80.9 cm³/mol. The predicted octanol–water partition coefficient (Wildman–Crippen LogP) is 2.74. The van der Waals surface area contributed by atoms with Crippen LogP contribution in [0, 0.1) is 0 Å². The van der Waals surface area contributed by atoms with Crippen LogP contribution in [0.25, 0.3) is 10.9 Å². The average molecular weight is 316 g/mol. The second-order valence-corrected chi connectivity index (χ2v) is 5.10. The van der Waals surface area contributed by atoms with E-state index in [1.165, 1.54) is 13.2 Å². The lowest BCUT2D eigenvalue weighted by molar-refractivity contribution is 0.419. The Hall–Kier alpha value is -1.30. The van der Waals surface area contributed by atoms with Gasteiger partial charge >= 0.3 is 0 Å². The first-order valence-corrected chi connectivity index (χ1v) is 6.99. The molecule has 0 saturated heterocycles. The van der Waals surface area contributed by atoms with Crippen molar-refractivity contribution in [2.75, 3.05) is 13.7 Å². The Labute approximate surface area is 126 Å². The van der Waals surface area contributed by atoms with E-state index in [-0.39, 0.29) is 16.0 Å². The summed E-state index contributed by atoms with van der Waals surface area (Å²) in [6, 6.07) is 1.48. The normalized spacial score (nSPS) is 11.0. The molecule has 2 aromatic rings. The first-order chi connectivity index (χ1) is 9.58. The Bertz CT molecular complexity index is 685. The number of nitrogens with zero attached hydrogens (tertiary/aromatic N) is 1. The van der Waals surface area contributed by atoms with Crippen molar-refractivity contribution in [2.24, 2.45) is 0 Å². The molecule has 0 bridgehead atoms. The summed E-state index contributed by atoms with van der Waals surface area (Å²) in [5.74, 6) is 0.876. The highest BCUT2D eigenvalue weighted by Gasteiger charge is 2.16. The van der Waals surface area contributed by atoms with Gasteiger partial charge in [-0.1, -0.05) is 30.1 Å². The zero-order valence-corrected chi connectivity index (χ0v) is 12.7. The van der Waals surface area contributed by atoms with Crippen LogP contribution in [-0.4, -0.2) is 23.6 Å². The summed E-state index contributed by atoms with van der Waals surface area (Å²) in [4.78, 5) is 19.2. The van der Waals surface area contributed by atoms with Crippen LogP contribution in [0.1, 0.15) is 19.2 Å². The number of hydrogen-bond acceptors (Lipinski definition) is 4. The Morgan fingerprint density at radius 2 is 2.15 bits per heavy atom. The Morgan fingerprint density at radius 1 is 1.40 bits per heavy atom. The van der Waals surface area contributed by atoms with Crippen molar-refractivity contribution >= 4 is 34.1 Å². The van der Waals surface area contributed by atoms with Crippen molar-refractivity contribution in [3.05, 3.63) is 32.3 Å². The summed E-state index contributed by atoms with van der Waals surface area (Å²) < 4.78 is 5.22. The molecule has 0 aliphatic rings. The summed E-state index contributed by atoms with van der Waals surface area (Å²) in [7, 11) is 1.48. The van der Waals surface area contributed by atoms with Gasteiger partial charge in [-0.2, -0.15) is 0 Å². The fourth-order valence-corrected chi connectivity index (χ4v) is 2.55. The van der Waals surface area contributed by atoms with Gasteiger partial charge in [0, 0.05) is 0 Å². The maximum Gasteiger partial charge on any atom is 0.260 e. The molecule has 7 heteroatoms. The first kappa shape index (κ1) is 15.1. The minimum absolute atomic E-state index is 0.257. The molecular formula is C13H15Cl2N3O2. The maximum absolute atomic E-state index is 12.1. The number of aromatic nitrogens is 2. The van der Waals surface area contributed by atoms with E-state index < -0.39 is 0 Å². The molecule has 0 unspecified atom stereocenters. The Balaban J connectivity index is 2.59. The van der Waals surface area contributed by atoms with Gasteiger partial charge in [-0.15, -0.1) is 0 Å². The van der Waals surface area contributed by atoms with Gasteiger partial charge in [0.25, 0.3) is 5.56 Å². The zero-order valence-electron chi connectivity index (χ0n) is 11.2.